The first-order valence-electron chi connectivity index (χ1n) is 11.5. The molecular formula is C26H25ClN10. The molecule has 0 saturated heterocycles. The van der Waals surface area contributed by atoms with Gasteiger partial charge < -0.3 is 5.32 Å². The molecule has 0 aliphatic rings. The molecular weight excluding hydrogens is 488 g/mol. The van der Waals surface area contributed by atoms with Gasteiger partial charge in [-0.2, -0.15) is 10.2 Å². The Labute approximate surface area is 219 Å². The number of hydrogen-bond donors (Lipinski definition) is 1. The summed E-state index contributed by atoms with van der Waals surface area (Å²) in [5.74, 6) is 2.49. The van der Waals surface area contributed by atoms with Crippen molar-refractivity contribution in [1.82, 2.24) is 44.3 Å². The Morgan fingerprint density at radius 1 is 1.08 bits per heavy atom. The van der Waals surface area contributed by atoms with Crippen molar-refractivity contribution < 1.29 is 0 Å². The van der Waals surface area contributed by atoms with Gasteiger partial charge in [-0.25, -0.2) is 9.97 Å². The second-order valence-electron chi connectivity index (χ2n) is 8.44. The molecule has 5 aromatic rings. The van der Waals surface area contributed by atoms with Crippen molar-refractivity contribution in [3.05, 3.63) is 77.6 Å². The lowest BCUT2D eigenvalue weighted by Gasteiger charge is -2.09. The highest BCUT2D eigenvalue weighted by molar-refractivity contribution is 6.30. The average Bonchev–Trinajstić information content (AvgIpc) is 3.55. The van der Waals surface area contributed by atoms with Crippen LogP contribution in [-0.4, -0.2) is 44.3 Å². The molecule has 0 spiro atoms. The molecule has 1 aromatic carbocycles. The lowest BCUT2D eigenvalue weighted by atomic mass is 10.0. The van der Waals surface area contributed by atoms with Crippen LogP contribution in [-0.2, 0) is 14.1 Å². The fourth-order valence-electron chi connectivity index (χ4n) is 4.16. The van der Waals surface area contributed by atoms with Crippen molar-refractivity contribution in [2.45, 2.75) is 13.8 Å². The number of hydrogen-bond acceptors (Lipinski definition) is 7. The molecule has 0 fully saturated rings. The van der Waals surface area contributed by atoms with E-state index >= 15 is 0 Å². The number of allylic oxidation sites excluding steroid dienone is 1. The number of nitrogens with zero attached hydrogens (tertiary/aromatic N) is 9. The fraction of sp³-hybridized carbons (Fsp3) is 0.154. The zero-order chi connectivity index (χ0) is 26.1. The fourth-order valence-corrected chi connectivity index (χ4v) is 4.36. The highest BCUT2D eigenvalue weighted by atomic mass is 35.5. The molecule has 0 atom stereocenters. The van der Waals surface area contributed by atoms with Crippen molar-refractivity contribution in [3.63, 3.8) is 0 Å². The minimum absolute atomic E-state index is 0.469. The van der Waals surface area contributed by atoms with E-state index in [1.165, 1.54) is 0 Å². The van der Waals surface area contributed by atoms with Crippen LogP contribution in [0.2, 0.25) is 5.02 Å². The van der Waals surface area contributed by atoms with Gasteiger partial charge in [-0.1, -0.05) is 30.3 Å². The minimum atomic E-state index is 0.469. The van der Waals surface area contributed by atoms with E-state index in [-0.39, 0.29) is 0 Å². The van der Waals surface area contributed by atoms with Crippen LogP contribution in [0.1, 0.15) is 24.1 Å². The summed E-state index contributed by atoms with van der Waals surface area (Å²) >= 11 is 6.29. The smallest absolute Gasteiger partial charge is 0.228 e. The lowest BCUT2D eigenvalue weighted by Crippen LogP contribution is -2.03. The summed E-state index contributed by atoms with van der Waals surface area (Å²) in [7, 11) is 3.73. The van der Waals surface area contributed by atoms with Crippen LogP contribution in [0.15, 0.2) is 55.4 Å². The Kier molecular flexibility index (Phi) is 6.41. The number of aryl methyl sites for hydroxylation is 3. The summed E-state index contributed by atoms with van der Waals surface area (Å²) in [6.07, 6.45) is 7.01. The number of aromatic nitrogens is 9. The normalized spacial score (nSPS) is 11.6. The third-order valence-corrected chi connectivity index (χ3v) is 6.15. The Bertz CT molecular complexity index is 1640. The third-order valence-electron chi connectivity index (χ3n) is 5.92. The summed E-state index contributed by atoms with van der Waals surface area (Å²) in [5.41, 5.74) is 5.20. The molecule has 5 rings (SSSR count). The van der Waals surface area contributed by atoms with Gasteiger partial charge in [-0.3, -0.25) is 13.9 Å². The van der Waals surface area contributed by atoms with Crippen LogP contribution in [0.3, 0.4) is 0 Å². The van der Waals surface area contributed by atoms with Crippen LogP contribution in [0.5, 0.6) is 0 Å². The van der Waals surface area contributed by atoms with E-state index in [1.54, 1.807) is 28.0 Å². The molecule has 186 valence electrons. The second kappa shape index (κ2) is 9.82. The zero-order valence-corrected chi connectivity index (χ0v) is 21.6. The number of anilines is 2. The number of nitrogens with one attached hydrogen (secondary N) is 1. The van der Waals surface area contributed by atoms with Gasteiger partial charge in [0.2, 0.25) is 5.95 Å². The predicted octanol–water partition coefficient (Wildman–Crippen LogP) is 5.24. The Balaban J connectivity index is 1.53. The first-order valence-corrected chi connectivity index (χ1v) is 11.9. The maximum Gasteiger partial charge on any atom is 0.228 e. The monoisotopic (exact) mass is 512 g/mol. The van der Waals surface area contributed by atoms with Crippen LogP contribution in [0.25, 0.3) is 40.5 Å². The molecule has 0 amide bonds. The summed E-state index contributed by atoms with van der Waals surface area (Å²) < 4.78 is 5.35. The molecule has 1 N–H and O–H groups in total. The van der Waals surface area contributed by atoms with E-state index in [4.69, 9.17) is 11.6 Å². The number of benzene rings is 1. The Hall–Kier alpha value is -4.57. The predicted molar refractivity (Wildman–Crippen MR) is 146 cm³/mol. The summed E-state index contributed by atoms with van der Waals surface area (Å²) in [5, 5.41) is 21.6. The Morgan fingerprint density at radius 3 is 2.65 bits per heavy atom. The SMILES string of the molecule is C=Cn1c(/C=C(\C)c2ccnc(Nc3ccnn3C)n2)nnc1-c1c(-c2cccc(Cl)c2)c(C)nn1C. The van der Waals surface area contributed by atoms with Gasteiger partial charge in [0.15, 0.2) is 11.6 Å². The molecule has 4 aromatic heterocycles. The van der Waals surface area contributed by atoms with Crippen molar-refractivity contribution in [2.24, 2.45) is 14.1 Å². The van der Waals surface area contributed by atoms with Crippen LogP contribution < -0.4 is 5.32 Å². The molecule has 0 aliphatic heterocycles. The largest absolute Gasteiger partial charge is 0.309 e. The summed E-state index contributed by atoms with van der Waals surface area (Å²) in [6, 6.07) is 11.4. The molecule has 0 aliphatic carbocycles. The van der Waals surface area contributed by atoms with Crippen LogP contribution >= 0.6 is 11.6 Å². The third kappa shape index (κ3) is 4.66. The van der Waals surface area contributed by atoms with Gasteiger partial charge in [0.25, 0.3) is 0 Å². The van der Waals surface area contributed by atoms with Gasteiger partial charge in [0.1, 0.15) is 11.5 Å². The molecule has 0 radical (unpaired) electrons. The van der Waals surface area contributed by atoms with Gasteiger partial charge >= 0.3 is 0 Å². The maximum absolute atomic E-state index is 6.29. The van der Waals surface area contributed by atoms with Crippen LogP contribution in [0, 0.1) is 6.92 Å². The highest BCUT2D eigenvalue weighted by Crippen LogP contribution is 2.35. The summed E-state index contributed by atoms with van der Waals surface area (Å²) in [6.45, 7) is 7.93. The van der Waals surface area contributed by atoms with E-state index in [0.29, 0.717) is 22.6 Å². The Morgan fingerprint density at radius 2 is 1.92 bits per heavy atom. The van der Waals surface area contributed by atoms with Gasteiger partial charge in [0, 0.05) is 43.1 Å². The maximum atomic E-state index is 6.29. The molecule has 0 saturated carbocycles. The van der Waals surface area contributed by atoms with Crippen molar-refractivity contribution in [1.29, 1.82) is 0 Å². The van der Waals surface area contributed by atoms with Gasteiger partial charge in [0.05, 0.1) is 17.6 Å². The second-order valence-corrected chi connectivity index (χ2v) is 8.87. The lowest BCUT2D eigenvalue weighted by molar-refractivity contribution is 0.757. The van der Waals surface area contributed by atoms with Gasteiger partial charge in [-0.05, 0) is 49.3 Å². The minimum Gasteiger partial charge on any atom is -0.309 e. The number of halogens is 1. The zero-order valence-electron chi connectivity index (χ0n) is 20.9. The van der Waals surface area contributed by atoms with Crippen molar-refractivity contribution in [2.75, 3.05) is 5.32 Å². The first kappa shape index (κ1) is 24.1. The van der Waals surface area contributed by atoms with Crippen molar-refractivity contribution in [3.8, 4) is 22.6 Å². The quantitative estimate of drug-likeness (QED) is 0.318. The molecule has 37 heavy (non-hydrogen) atoms. The molecule has 0 unspecified atom stereocenters. The van der Waals surface area contributed by atoms with Crippen LogP contribution in [0.4, 0.5) is 11.8 Å². The van der Waals surface area contributed by atoms with E-state index in [1.807, 2.05) is 75.0 Å². The average molecular weight is 513 g/mol. The van der Waals surface area contributed by atoms with E-state index < -0.39 is 0 Å². The molecule has 4 heterocycles. The highest BCUT2D eigenvalue weighted by Gasteiger charge is 2.22. The van der Waals surface area contributed by atoms with E-state index in [2.05, 4.69) is 42.3 Å². The van der Waals surface area contributed by atoms with E-state index in [9.17, 15) is 0 Å². The first-order chi connectivity index (χ1) is 17.9. The number of rotatable bonds is 7. The molecule has 10 nitrogen and oxygen atoms in total. The molecule has 0 bridgehead atoms. The van der Waals surface area contributed by atoms with Crippen molar-refractivity contribution >= 4 is 41.2 Å². The van der Waals surface area contributed by atoms with E-state index in [0.717, 1.165) is 39.6 Å². The molecule has 11 heteroatoms. The topological polar surface area (TPSA) is 104 Å². The summed E-state index contributed by atoms with van der Waals surface area (Å²) in [4.78, 5) is 8.96. The van der Waals surface area contributed by atoms with Gasteiger partial charge in [-0.15, -0.1) is 10.2 Å². The standard InChI is InChI=1S/C26H25ClN10/c1-6-37-22(14-16(2)20-10-12-28-26(30-20)31-21-11-13-29-35(21)4)32-33-25(37)24-23(17(3)34-36(24)5)18-8-7-9-19(27)15-18/h6-15H,1H2,2-5H3,(H,28,30,31)/b16-14+.